The molecule has 0 saturated heterocycles. The quantitative estimate of drug-likeness (QED) is 0.602. The zero-order chi connectivity index (χ0) is 20.8. The molecule has 1 aliphatic carbocycles. The Hall–Kier alpha value is -3.60. The Morgan fingerprint density at radius 3 is 2.33 bits per heavy atom. The van der Waals surface area contributed by atoms with E-state index in [1.165, 1.54) is 0 Å². The monoisotopic (exact) mass is 400 g/mol. The van der Waals surface area contributed by atoms with Crippen LogP contribution in [0.4, 0.5) is 0 Å². The molecule has 3 aromatic rings. The van der Waals surface area contributed by atoms with Gasteiger partial charge in [-0.25, -0.2) is 0 Å². The standard InChI is InChI=1S/C25H24N2O3/c28-24(17-30-23-13-9-20(10-14-23)19-6-2-1-3-7-19)26-16-18-5-4-8-21(15-18)25(29)27-22-11-12-22/h1-10,13-15,22H,11-12,16-17H2,(H,26,28)(H,27,29). The minimum Gasteiger partial charge on any atom is -0.484 e. The lowest BCUT2D eigenvalue weighted by Crippen LogP contribution is -2.29. The van der Waals surface area contributed by atoms with Crippen molar-refractivity contribution in [3.63, 3.8) is 0 Å². The number of carbonyl (C=O) groups excluding carboxylic acids is 2. The van der Waals surface area contributed by atoms with Crippen LogP contribution in [0.15, 0.2) is 78.9 Å². The Morgan fingerprint density at radius 2 is 1.60 bits per heavy atom. The average Bonchev–Trinajstić information content (AvgIpc) is 3.61. The number of hydrogen-bond acceptors (Lipinski definition) is 3. The first-order chi connectivity index (χ1) is 14.7. The second kappa shape index (κ2) is 9.27. The molecule has 30 heavy (non-hydrogen) atoms. The zero-order valence-electron chi connectivity index (χ0n) is 16.6. The van der Waals surface area contributed by atoms with Crippen molar-refractivity contribution in [2.45, 2.75) is 25.4 Å². The van der Waals surface area contributed by atoms with Gasteiger partial charge < -0.3 is 15.4 Å². The molecule has 1 saturated carbocycles. The molecule has 2 amide bonds. The predicted molar refractivity (Wildman–Crippen MR) is 116 cm³/mol. The maximum absolute atomic E-state index is 12.1. The molecule has 5 nitrogen and oxygen atoms in total. The molecule has 0 atom stereocenters. The van der Waals surface area contributed by atoms with Gasteiger partial charge in [0.15, 0.2) is 6.61 Å². The van der Waals surface area contributed by atoms with Crippen LogP contribution in [0, 0.1) is 0 Å². The van der Waals surface area contributed by atoms with Gasteiger partial charge in [0.05, 0.1) is 0 Å². The largest absolute Gasteiger partial charge is 0.484 e. The third-order valence-corrected chi connectivity index (χ3v) is 4.92. The summed E-state index contributed by atoms with van der Waals surface area (Å²) in [5, 5.41) is 5.80. The van der Waals surface area contributed by atoms with Crippen LogP contribution < -0.4 is 15.4 Å². The summed E-state index contributed by atoms with van der Waals surface area (Å²) in [5.41, 5.74) is 3.72. The summed E-state index contributed by atoms with van der Waals surface area (Å²) in [6.45, 7) is 0.284. The SMILES string of the molecule is O=C(COc1ccc(-c2ccccc2)cc1)NCc1cccc(C(=O)NC2CC2)c1. The van der Waals surface area contributed by atoms with Gasteiger partial charge in [-0.1, -0.05) is 54.6 Å². The van der Waals surface area contributed by atoms with Crippen molar-refractivity contribution in [2.75, 3.05) is 6.61 Å². The molecule has 0 aliphatic heterocycles. The number of amides is 2. The van der Waals surface area contributed by atoms with Crippen molar-refractivity contribution in [1.82, 2.24) is 10.6 Å². The first-order valence-corrected chi connectivity index (χ1v) is 10.1. The summed E-state index contributed by atoms with van der Waals surface area (Å²) in [7, 11) is 0. The van der Waals surface area contributed by atoms with Gasteiger partial charge >= 0.3 is 0 Å². The Balaban J connectivity index is 1.24. The number of rotatable bonds is 8. The summed E-state index contributed by atoms with van der Waals surface area (Å²) in [6.07, 6.45) is 2.10. The van der Waals surface area contributed by atoms with E-state index in [0.717, 1.165) is 29.5 Å². The lowest BCUT2D eigenvalue weighted by atomic mass is 10.1. The van der Waals surface area contributed by atoms with Crippen LogP contribution in [0.3, 0.4) is 0 Å². The van der Waals surface area contributed by atoms with E-state index in [2.05, 4.69) is 10.6 Å². The van der Waals surface area contributed by atoms with Gasteiger partial charge in [0.1, 0.15) is 5.75 Å². The average molecular weight is 400 g/mol. The van der Waals surface area contributed by atoms with Gasteiger partial charge in [0.25, 0.3) is 11.8 Å². The smallest absolute Gasteiger partial charge is 0.258 e. The fraction of sp³-hybridized carbons (Fsp3) is 0.200. The fourth-order valence-electron chi connectivity index (χ4n) is 3.09. The van der Waals surface area contributed by atoms with Crippen LogP contribution in [0.5, 0.6) is 5.75 Å². The van der Waals surface area contributed by atoms with Crippen molar-refractivity contribution in [3.05, 3.63) is 90.0 Å². The maximum Gasteiger partial charge on any atom is 0.258 e. The van der Waals surface area contributed by atoms with Gasteiger partial charge in [0.2, 0.25) is 0 Å². The third-order valence-electron chi connectivity index (χ3n) is 4.92. The molecule has 1 aliphatic rings. The van der Waals surface area contributed by atoms with Gasteiger partial charge in [-0.3, -0.25) is 9.59 Å². The highest BCUT2D eigenvalue weighted by molar-refractivity contribution is 5.94. The van der Waals surface area contributed by atoms with E-state index in [1.54, 1.807) is 12.1 Å². The van der Waals surface area contributed by atoms with Gasteiger partial charge in [-0.15, -0.1) is 0 Å². The molecule has 1 fully saturated rings. The topological polar surface area (TPSA) is 67.4 Å². The van der Waals surface area contributed by atoms with E-state index in [1.807, 2.05) is 66.7 Å². The number of carbonyl (C=O) groups is 2. The molecule has 5 heteroatoms. The third kappa shape index (κ3) is 5.47. The van der Waals surface area contributed by atoms with E-state index < -0.39 is 0 Å². The van der Waals surface area contributed by atoms with Crippen molar-refractivity contribution in [1.29, 1.82) is 0 Å². The minimum atomic E-state index is -0.213. The molecular weight excluding hydrogens is 376 g/mol. The Bertz CT molecular complexity index is 1010. The normalized spacial score (nSPS) is 12.8. The summed E-state index contributed by atoms with van der Waals surface area (Å²) >= 11 is 0. The van der Waals surface area contributed by atoms with E-state index in [-0.39, 0.29) is 18.4 Å². The molecule has 3 aromatic carbocycles. The van der Waals surface area contributed by atoms with Gasteiger partial charge in [-0.05, 0) is 53.8 Å². The fourth-order valence-corrected chi connectivity index (χ4v) is 3.09. The molecule has 152 valence electrons. The van der Waals surface area contributed by atoms with E-state index in [4.69, 9.17) is 4.74 Å². The molecule has 0 heterocycles. The summed E-state index contributed by atoms with van der Waals surface area (Å²) < 4.78 is 5.58. The molecular formula is C25H24N2O3. The van der Waals surface area contributed by atoms with E-state index in [9.17, 15) is 9.59 Å². The van der Waals surface area contributed by atoms with Crippen LogP contribution in [0.25, 0.3) is 11.1 Å². The predicted octanol–water partition coefficient (Wildman–Crippen LogP) is 3.94. The molecule has 4 rings (SSSR count). The maximum atomic E-state index is 12.1. The first-order valence-electron chi connectivity index (χ1n) is 10.1. The highest BCUT2D eigenvalue weighted by atomic mass is 16.5. The summed E-state index contributed by atoms with van der Waals surface area (Å²) in [6, 6.07) is 25.4. The number of benzene rings is 3. The van der Waals surface area contributed by atoms with Crippen LogP contribution in [-0.4, -0.2) is 24.5 Å². The van der Waals surface area contributed by atoms with Crippen molar-refractivity contribution >= 4 is 11.8 Å². The Labute approximate surface area is 176 Å². The molecule has 0 unspecified atom stereocenters. The molecule has 0 aromatic heterocycles. The molecule has 0 radical (unpaired) electrons. The second-order valence-electron chi connectivity index (χ2n) is 7.40. The zero-order valence-corrected chi connectivity index (χ0v) is 16.6. The van der Waals surface area contributed by atoms with Crippen molar-refractivity contribution in [2.24, 2.45) is 0 Å². The van der Waals surface area contributed by atoms with Crippen molar-refractivity contribution < 1.29 is 14.3 Å². The number of nitrogens with one attached hydrogen (secondary N) is 2. The highest BCUT2D eigenvalue weighted by Crippen LogP contribution is 2.22. The minimum absolute atomic E-state index is 0.0621. The molecule has 0 spiro atoms. The highest BCUT2D eigenvalue weighted by Gasteiger charge is 2.23. The Kier molecular flexibility index (Phi) is 6.09. The van der Waals surface area contributed by atoms with Crippen LogP contribution in [0.1, 0.15) is 28.8 Å². The van der Waals surface area contributed by atoms with E-state index >= 15 is 0 Å². The summed E-state index contributed by atoms with van der Waals surface area (Å²) in [5.74, 6) is 0.367. The van der Waals surface area contributed by atoms with Crippen LogP contribution in [-0.2, 0) is 11.3 Å². The first kappa shape index (κ1) is 19.7. The molecule has 0 bridgehead atoms. The van der Waals surface area contributed by atoms with Crippen LogP contribution >= 0.6 is 0 Å². The summed E-state index contributed by atoms with van der Waals surface area (Å²) in [4.78, 5) is 24.3. The van der Waals surface area contributed by atoms with Gasteiger partial charge in [0, 0.05) is 18.2 Å². The Morgan fingerprint density at radius 1 is 0.867 bits per heavy atom. The van der Waals surface area contributed by atoms with E-state index in [0.29, 0.717) is 23.9 Å². The lowest BCUT2D eigenvalue weighted by Gasteiger charge is -2.09. The van der Waals surface area contributed by atoms with Crippen LogP contribution in [0.2, 0.25) is 0 Å². The number of hydrogen-bond donors (Lipinski definition) is 2. The van der Waals surface area contributed by atoms with Crippen molar-refractivity contribution in [3.8, 4) is 16.9 Å². The number of ether oxygens (including phenoxy) is 1. The second-order valence-corrected chi connectivity index (χ2v) is 7.40. The lowest BCUT2D eigenvalue weighted by molar-refractivity contribution is -0.123. The molecule has 2 N–H and O–H groups in total. The van der Waals surface area contributed by atoms with Gasteiger partial charge in [-0.2, -0.15) is 0 Å².